The highest BCUT2D eigenvalue weighted by Gasteiger charge is 2.37. The van der Waals surface area contributed by atoms with E-state index in [1.807, 2.05) is 0 Å². The van der Waals surface area contributed by atoms with Gasteiger partial charge < -0.3 is 9.73 Å². The first-order valence-electron chi connectivity index (χ1n) is 7.19. The molecule has 0 aliphatic carbocycles. The molecule has 2 aliphatic rings. The van der Waals surface area contributed by atoms with Gasteiger partial charge in [0.2, 0.25) is 10.0 Å². The van der Waals surface area contributed by atoms with E-state index in [9.17, 15) is 8.42 Å². The zero-order valence-corrected chi connectivity index (χ0v) is 14.4. The molecule has 1 aromatic rings. The molecule has 8 heteroatoms. The van der Waals surface area contributed by atoms with Crippen LogP contribution in [-0.2, 0) is 16.6 Å². The number of piperazine rings is 1. The van der Waals surface area contributed by atoms with Gasteiger partial charge in [-0.05, 0) is 42.4 Å². The van der Waals surface area contributed by atoms with Crippen molar-refractivity contribution in [1.82, 2.24) is 14.5 Å². The topological polar surface area (TPSA) is 65.8 Å². The Morgan fingerprint density at radius 1 is 1.43 bits per heavy atom. The summed E-state index contributed by atoms with van der Waals surface area (Å²) < 4.78 is 33.0. The molecule has 0 saturated carbocycles. The minimum absolute atomic E-state index is 0.235. The van der Waals surface area contributed by atoms with Crippen LogP contribution in [0.5, 0.6) is 0 Å². The lowest BCUT2D eigenvalue weighted by atomic mass is 10.2. The second-order valence-corrected chi connectivity index (χ2v) is 8.20. The van der Waals surface area contributed by atoms with Gasteiger partial charge in [0.25, 0.3) is 0 Å². The van der Waals surface area contributed by atoms with Gasteiger partial charge in [-0.2, -0.15) is 4.31 Å². The first-order valence-corrected chi connectivity index (χ1v) is 9.42. The number of sulfonamides is 1. The highest BCUT2D eigenvalue weighted by atomic mass is 79.9. The lowest BCUT2D eigenvalue weighted by Gasteiger charge is -2.36. The summed E-state index contributed by atoms with van der Waals surface area (Å²) in [6.07, 6.45) is 2.25. The maximum Gasteiger partial charge on any atom is 0.247 e. The van der Waals surface area contributed by atoms with Gasteiger partial charge in [-0.25, -0.2) is 8.42 Å². The van der Waals surface area contributed by atoms with E-state index in [1.54, 1.807) is 17.4 Å². The van der Waals surface area contributed by atoms with Gasteiger partial charge in [-0.1, -0.05) is 0 Å². The van der Waals surface area contributed by atoms with Crippen LogP contribution in [-0.4, -0.2) is 56.9 Å². The number of nitrogens with zero attached hydrogens (tertiary/aromatic N) is 2. The first kappa shape index (κ1) is 15.5. The average Bonchev–Trinajstić information content (AvgIpc) is 3.04. The van der Waals surface area contributed by atoms with E-state index in [0.717, 1.165) is 19.5 Å². The lowest BCUT2D eigenvalue weighted by Crippen LogP contribution is -2.51. The van der Waals surface area contributed by atoms with Crippen LogP contribution in [0.3, 0.4) is 0 Å². The summed E-state index contributed by atoms with van der Waals surface area (Å²) in [5.41, 5.74) is 0. The molecule has 0 amide bonds. The molecule has 0 radical (unpaired) electrons. The highest BCUT2D eigenvalue weighted by molar-refractivity contribution is 9.10. The molecule has 1 aromatic heterocycles. The van der Waals surface area contributed by atoms with Gasteiger partial charge in [-0.15, -0.1) is 0 Å². The van der Waals surface area contributed by atoms with Crippen LogP contribution in [0, 0.1) is 0 Å². The van der Waals surface area contributed by atoms with Crippen molar-refractivity contribution in [3.05, 3.63) is 16.5 Å². The first-order chi connectivity index (χ1) is 10.0. The van der Waals surface area contributed by atoms with E-state index in [0.29, 0.717) is 36.1 Å². The van der Waals surface area contributed by atoms with Crippen LogP contribution in [0.1, 0.15) is 18.6 Å². The Morgan fingerprint density at radius 2 is 2.24 bits per heavy atom. The van der Waals surface area contributed by atoms with E-state index >= 15 is 0 Å². The third-order valence-electron chi connectivity index (χ3n) is 4.23. The molecule has 1 N–H and O–H groups in total. The summed E-state index contributed by atoms with van der Waals surface area (Å²) in [7, 11) is -1.70. The third-order valence-corrected chi connectivity index (χ3v) is 6.95. The average molecular weight is 378 g/mol. The molecular formula is C13H20BrN3O3S. The largest absolute Gasteiger partial charge is 0.452 e. The lowest BCUT2D eigenvalue weighted by molar-refractivity contribution is 0.158. The Morgan fingerprint density at radius 3 is 3.00 bits per heavy atom. The summed E-state index contributed by atoms with van der Waals surface area (Å²) >= 11 is 3.24. The van der Waals surface area contributed by atoms with Crippen molar-refractivity contribution in [1.29, 1.82) is 0 Å². The van der Waals surface area contributed by atoms with E-state index in [4.69, 9.17) is 4.42 Å². The van der Waals surface area contributed by atoms with Crippen molar-refractivity contribution in [3.63, 3.8) is 0 Å². The van der Waals surface area contributed by atoms with Gasteiger partial charge in [0.1, 0.15) is 10.7 Å². The molecular weight excluding hydrogens is 358 g/mol. The van der Waals surface area contributed by atoms with Gasteiger partial charge in [0, 0.05) is 31.7 Å². The SMILES string of the molecule is CNCc1cc(S(=O)(=O)N2CCN3CCCC3C2)c(Br)o1. The second kappa shape index (κ2) is 6.00. The van der Waals surface area contributed by atoms with Crippen molar-refractivity contribution >= 4 is 26.0 Å². The predicted molar refractivity (Wildman–Crippen MR) is 82.5 cm³/mol. The van der Waals surface area contributed by atoms with Crippen molar-refractivity contribution in [3.8, 4) is 0 Å². The van der Waals surface area contributed by atoms with E-state index < -0.39 is 10.0 Å². The maximum absolute atomic E-state index is 12.8. The molecule has 0 aromatic carbocycles. The van der Waals surface area contributed by atoms with Gasteiger partial charge in [0.15, 0.2) is 4.67 Å². The van der Waals surface area contributed by atoms with Crippen molar-refractivity contribution in [2.24, 2.45) is 0 Å². The molecule has 118 valence electrons. The van der Waals surface area contributed by atoms with Crippen molar-refractivity contribution in [2.75, 3.05) is 33.2 Å². The fourth-order valence-electron chi connectivity index (χ4n) is 3.16. The van der Waals surface area contributed by atoms with Crippen molar-refractivity contribution in [2.45, 2.75) is 30.3 Å². The number of halogens is 1. The number of furan rings is 1. The molecule has 6 nitrogen and oxygen atoms in total. The van der Waals surface area contributed by atoms with Gasteiger partial charge in [0.05, 0.1) is 6.54 Å². The molecule has 0 spiro atoms. The molecule has 21 heavy (non-hydrogen) atoms. The summed E-state index contributed by atoms with van der Waals surface area (Å²) in [5, 5.41) is 2.96. The Balaban J connectivity index is 1.83. The summed E-state index contributed by atoms with van der Waals surface area (Å²) in [6.45, 7) is 3.56. The number of hydrogen-bond acceptors (Lipinski definition) is 5. The number of nitrogens with one attached hydrogen (secondary N) is 1. The highest BCUT2D eigenvalue weighted by Crippen LogP contribution is 2.31. The molecule has 3 rings (SSSR count). The smallest absolute Gasteiger partial charge is 0.247 e. The zero-order chi connectivity index (χ0) is 15.0. The zero-order valence-electron chi connectivity index (χ0n) is 12.0. The van der Waals surface area contributed by atoms with E-state index in [1.165, 1.54) is 6.42 Å². The van der Waals surface area contributed by atoms with E-state index in [2.05, 4.69) is 26.1 Å². The molecule has 2 fully saturated rings. The van der Waals surface area contributed by atoms with Crippen LogP contribution in [0.25, 0.3) is 0 Å². The van der Waals surface area contributed by atoms with Crippen LogP contribution in [0.4, 0.5) is 0 Å². The fraction of sp³-hybridized carbons (Fsp3) is 0.692. The standard InChI is InChI=1S/C13H20BrN3O3S/c1-15-8-11-7-12(13(14)20-11)21(18,19)17-6-5-16-4-2-3-10(16)9-17/h7,10,15H,2-6,8-9H2,1H3. The molecule has 0 bridgehead atoms. The van der Waals surface area contributed by atoms with Crippen molar-refractivity contribution < 1.29 is 12.8 Å². The summed E-state index contributed by atoms with van der Waals surface area (Å²) in [5.74, 6) is 0.613. The Hall–Kier alpha value is -0.410. The summed E-state index contributed by atoms with van der Waals surface area (Å²) in [4.78, 5) is 2.63. The molecule has 1 unspecified atom stereocenters. The molecule has 2 saturated heterocycles. The molecule has 1 atom stereocenters. The second-order valence-electron chi connectivity index (χ2n) is 5.58. The predicted octanol–water partition coefficient (Wildman–Crippen LogP) is 1.23. The van der Waals surface area contributed by atoms with Gasteiger partial charge >= 0.3 is 0 Å². The van der Waals surface area contributed by atoms with Crippen LogP contribution >= 0.6 is 15.9 Å². The minimum atomic E-state index is -3.49. The maximum atomic E-state index is 12.8. The normalized spacial score (nSPS) is 24.4. The number of fused-ring (bicyclic) bond motifs is 1. The Bertz CT molecular complexity index is 616. The molecule has 2 aliphatic heterocycles. The quantitative estimate of drug-likeness (QED) is 0.854. The number of hydrogen-bond donors (Lipinski definition) is 1. The molecule has 3 heterocycles. The Labute approximate surface area is 133 Å². The minimum Gasteiger partial charge on any atom is -0.452 e. The Kier molecular flexibility index (Phi) is 4.42. The third kappa shape index (κ3) is 2.92. The van der Waals surface area contributed by atoms with Crippen LogP contribution < -0.4 is 5.32 Å². The van der Waals surface area contributed by atoms with Gasteiger partial charge in [-0.3, -0.25) is 4.90 Å². The van der Waals surface area contributed by atoms with Crippen LogP contribution in [0.15, 0.2) is 20.0 Å². The fourth-order valence-corrected chi connectivity index (χ4v) is 5.58. The van der Waals surface area contributed by atoms with E-state index in [-0.39, 0.29) is 4.90 Å². The summed E-state index contributed by atoms with van der Waals surface area (Å²) in [6, 6.07) is 1.98. The van der Waals surface area contributed by atoms with Crippen LogP contribution in [0.2, 0.25) is 0 Å². The monoisotopic (exact) mass is 377 g/mol. The number of rotatable bonds is 4.